The van der Waals surface area contributed by atoms with Crippen LogP contribution in [0.4, 0.5) is 10.5 Å². The first-order valence-electron chi connectivity index (χ1n) is 9.06. The van der Waals surface area contributed by atoms with Gasteiger partial charge in [-0.3, -0.25) is 4.90 Å². The molecule has 0 saturated carbocycles. The molecule has 2 aliphatic rings. The van der Waals surface area contributed by atoms with Crippen LogP contribution in [0.25, 0.3) is 0 Å². The van der Waals surface area contributed by atoms with Gasteiger partial charge in [0.05, 0.1) is 23.7 Å². The maximum atomic E-state index is 12.1. The number of nitrogens with one attached hydrogen (secondary N) is 2. The van der Waals surface area contributed by atoms with Crippen molar-refractivity contribution in [1.29, 1.82) is 0 Å². The maximum absolute atomic E-state index is 12.1. The van der Waals surface area contributed by atoms with E-state index in [4.69, 9.17) is 0 Å². The van der Waals surface area contributed by atoms with Crippen LogP contribution in [-0.2, 0) is 9.84 Å². The molecule has 26 heavy (non-hydrogen) atoms. The van der Waals surface area contributed by atoms with Gasteiger partial charge in [0, 0.05) is 18.8 Å². The van der Waals surface area contributed by atoms with Crippen LogP contribution in [0, 0.1) is 12.8 Å². The zero-order valence-corrected chi connectivity index (χ0v) is 15.8. The van der Waals surface area contributed by atoms with Gasteiger partial charge in [-0.1, -0.05) is 17.7 Å². The lowest BCUT2D eigenvalue weighted by Crippen LogP contribution is -2.50. The van der Waals surface area contributed by atoms with Crippen LogP contribution in [0.15, 0.2) is 24.3 Å². The minimum atomic E-state index is -3.15. The molecule has 0 radical (unpaired) electrons. The topological polar surface area (TPSA) is 98.7 Å². The number of benzene rings is 1. The number of carbonyl (C=O) groups is 1. The molecule has 2 saturated heterocycles. The Balaban J connectivity index is 1.48. The van der Waals surface area contributed by atoms with Crippen molar-refractivity contribution in [1.82, 2.24) is 10.2 Å². The highest BCUT2D eigenvalue weighted by Gasteiger charge is 2.41. The number of aryl methyl sites for hydroxylation is 1. The number of aliphatic hydroxyl groups excluding tert-OH is 1. The van der Waals surface area contributed by atoms with Crippen molar-refractivity contribution in [3.63, 3.8) is 0 Å². The molecule has 0 bridgehead atoms. The number of anilines is 1. The van der Waals surface area contributed by atoms with Gasteiger partial charge in [-0.15, -0.1) is 0 Å². The zero-order chi connectivity index (χ0) is 18.7. The average molecular weight is 381 g/mol. The Morgan fingerprint density at radius 2 is 2.00 bits per heavy atom. The summed E-state index contributed by atoms with van der Waals surface area (Å²) in [5, 5.41) is 15.8. The summed E-state index contributed by atoms with van der Waals surface area (Å²) in [5.74, 6) is 0.140. The normalized spacial score (nSPS) is 28.6. The lowest BCUT2D eigenvalue weighted by atomic mass is 9.96. The molecule has 2 aliphatic heterocycles. The summed E-state index contributed by atoms with van der Waals surface area (Å²) in [7, 11) is -3.15. The number of likely N-dealkylation sites (tertiary alicyclic amines) is 1. The van der Waals surface area contributed by atoms with Crippen molar-refractivity contribution in [2.45, 2.75) is 31.9 Å². The lowest BCUT2D eigenvalue weighted by molar-refractivity contribution is 0.0539. The van der Waals surface area contributed by atoms with Gasteiger partial charge >= 0.3 is 6.03 Å². The predicted molar refractivity (Wildman–Crippen MR) is 101 cm³/mol. The number of sulfone groups is 1. The molecule has 144 valence electrons. The zero-order valence-electron chi connectivity index (χ0n) is 15.0. The molecule has 1 aromatic rings. The molecule has 3 rings (SSSR count). The fourth-order valence-electron chi connectivity index (χ4n) is 3.77. The van der Waals surface area contributed by atoms with Gasteiger partial charge in [0.2, 0.25) is 0 Å². The number of hydrogen-bond acceptors (Lipinski definition) is 5. The molecule has 2 amide bonds. The minimum absolute atomic E-state index is 0.0300. The van der Waals surface area contributed by atoms with Crippen molar-refractivity contribution in [2.75, 3.05) is 36.5 Å². The molecule has 3 atom stereocenters. The highest BCUT2D eigenvalue weighted by atomic mass is 32.2. The molecule has 0 aliphatic carbocycles. The van der Waals surface area contributed by atoms with Crippen LogP contribution < -0.4 is 10.6 Å². The Hall–Kier alpha value is -1.64. The summed E-state index contributed by atoms with van der Waals surface area (Å²) >= 11 is 0. The molecular formula is C18H27N3O4S. The van der Waals surface area contributed by atoms with Crippen LogP contribution in [-0.4, -0.2) is 67.7 Å². The predicted octanol–water partition coefficient (Wildman–Crippen LogP) is 0.986. The monoisotopic (exact) mass is 381 g/mol. The van der Waals surface area contributed by atoms with Gasteiger partial charge in [-0.2, -0.15) is 0 Å². The van der Waals surface area contributed by atoms with E-state index in [0.29, 0.717) is 13.1 Å². The number of rotatable bonds is 4. The van der Waals surface area contributed by atoms with E-state index in [9.17, 15) is 18.3 Å². The molecule has 0 aromatic heterocycles. The van der Waals surface area contributed by atoms with Crippen molar-refractivity contribution in [2.24, 2.45) is 5.92 Å². The number of carbonyl (C=O) groups excluding carboxylic acids is 1. The Kier molecular flexibility index (Phi) is 5.84. The molecule has 1 aromatic carbocycles. The lowest BCUT2D eigenvalue weighted by Gasteiger charge is -2.37. The van der Waals surface area contributed by atoms with Gasteiger partial charge in [0.1, 0.15) is 0 Å². The van der Waals surface area contributed by atoms with E-state index < -0.39 is 15.9 Å². The average Bonchev–Trinajstić information content (AvgIpc) is 2.88. The highest BCUT2D eigenvalue weighted by molar-refractivity contribution is 7.91. The van der Waals surface area contributed by atoms with Crippen molar-refractivity contribution < 1.29 is 18.3 Å². The van der Waals surface area contributed by atoms with E-state index in [0.717, 1.165) is 30.6 Å². The summed E-state index contributed by atoms with van der Waals surface area (Å²) in [4.78, 5) is 14.1. The number of nitrogens with zero attached hydrogens (tertiary/aromatic N) is 1. The minimum Gasteiger partial charge on any atom is -0.390 e. The highest BCUT2D eigenvalue weighted by Crippen LogP contribution is 2.24. The second-order valence-electron chi connectivity index (χ2n) is 7.42. The van der Waals surface area contributed by atoms with E-state index in [1.807, 2.05) is 31.2 Å². The fourth-order valence-corrected chi connectivity index (χ4v) is 5.61. The van der Waals surface area contributed by atoms with E-state index in [-0.39, 0.29) is 29.5 Å². The van der Waals surface area contributed by atoms with Crippen molar-refractivity contribution in [3.8, 4) is 0 Å². The van der Waals surface area contributed by atoms with Crippen LogP contribution >= 0.6 is 0 Å². The number of amides is 2. The quantitative estimate of drug-likeness (QED) is 0.722. The third kappa shape index (κ3) is 4.96. The summed E-state index contributed by atoms with van der Waals surface area (Å²) in [5.41, 5.74) is 1.88. The van der Waals surface area contributed by atoms with Crippen LogP contribution in [0.3, 0.4) is 0 Å². The number of aliphatic hydroxyl groups is 1. The Morgan fingerprint density at radius 3 is 2.65 bits per heavy atom. The third-order valence-electron chi connectivity index (χ3n) is 5.17. The van der Waals surface area contributed by atoms with Crippen molar-refractivity contribution in [3.05, 3.63) is 29.8 Å². The summed E-state index contributed by atoms with van der Waals surface area (Å²) in [6.45, 7) is 4.01. The standard InChI is InChI=1S/C18H27N3O4S/c1-13-4-6-15(7-5-13)20-18(23)19-9-14-3-2-8-21(10-14)16-11-26(24,25)12-17(16)22/h4-7,14,16-17,22H,2-3,8-12H2,1H3,(H2,19,20,23)/t14-,16+,17+/m0/s1. The van der Waals surface area contributed by atoms with Gasteiger partial charge in [0.25, 0.3) is 0 Å². The first-order chi connectivity index (χ1) is 12.3. The molecule has 0 spiro atoms. The Labute approximate surface area is 154 Å². The van der Waals surface area contributed by atoms with Gasteiger partial charge in [-0.05, 0) is 44.4 Å². The van der Waals surface area contributed by atoms with Gasteiger partial charge in [-0.25, -0.2) is 13.2 Å². The summed E-state index contributed by atoms with van der Waals surface area (Å²) < 4.78 is 23.5. The third-order valence-corrected chi connectivity index (χ3v) is 6.87. The van der Waals surface area contributed by atoms with E-state index in [1.165, 1.54) is 0 Å². The molecule has 2 heterocycles. The Bertz CT molecular complexity index is 735. The molecule has 0 unspecified atom stereocenters. The first kappa shape index (κ1) is 19.1. The number of urea groups is 1. The van der Waals surface area contributed by atoms with Crippen LogP contribution in [0.1, 0.15) is 18.4 Å². The SMILES string of the molecule is Cc1ccc(NC(=O)NC[C@@H]2CCCN([C@@H]3CS(=O)(=O)C[C@H]3O)C2)cc1. The summed E-state index contributed by atoms with van der Waals surface area (Å²) in [6, 6.07) is 7.04. The number of hydrogen-bond donors (Lipinski definition) is 3. The smallest absolute Gasteiger partial charge is 0.319 e. The van der Waals surface area contributed by atoms with Crippen LogP contribution in [0.5, 0.6) is 0 Å². The first-order valence-corrected chi connectivity index (χ1v) is 10.9. The fraction of sp³-hybridized carbons (Fsp3) is 0.611. The number of piperidine rings is 1. The molecular weight excluding hydrogens is 354 g/mol. The molecule has 3 N–H and O–H groups in total. The van der Waals surface area contributed by atoms with Gasteiger partial charge in [0.15, 0.2) is 9.84 Å². The van der Waals surface area contributed by atoms with Crippen molar-refractivity contribution >= 4 is 21.6 Å². The second kappa shape index (κ2) is 7.94. The largest absolute Gasteiger partial charge is 0.390 e. The molecule has 7 nitrogen and oxygen atoms in total. The maximum Gasteiger partial charge on any atom is 0.319 e. The second-order valence-corrected chi connectivity index (χ2v) is 9.57. The summed E-state index contributed by atoms with van der Waals surface area (Å²) in [6.07, 6.45) is 1.11. The van der Waals surface area contributed by atoms with E-state index >= 15 is 0 Å². The molecule has 2 fully saturated rings. The van der Waals surface area contributed by atoms with Crippen LogP contribution in [0.2, 0.25) is 0 Å². The van der Waals surface area contributed by atoms with Gasteiger partial charge < -0.3 is 15.7 Å². The van der Waals surface area contributed by atoms with E-state index in [1.54, 1.807) is 0 Å². The Morgan fingerprint density at radius 1 is 1.27 bits per heavy atom. The van der Waals surface area contributed by atoms with E-state index in [2.05, 4.69) is 15.5 Å². The molecule has 8 heteroatoms.